The molecule has 1 aromatic rings. The number of morpholine rings is 1. The van der Waals surface area contributed by atoms with E-state index < -0.39 is 34.8 Å². The number of nitrogens with zero attached hydrogens (tertiary/aromatic N) is 1. The van der Waals surface area contributed by atoms with Crippen molar-refractivity contribution >= 4 is 15.9 Å². The number of amides is 1. The number of hydrogen-bond donors (Lipinski definition) is 1. The molecule has 0 aromatic heterocycles. The summed E-state index contributed by atoms with van der Waals surface area (Å²) in [5.41, 5.74) is 0.167. The van der Waals surface area contributed by atoms with E-state index in [0.29, 0.717) is 12.5 Å². The summed E-state index contributed by atoms with van der Waals surface area (Å²) in [7, 11) is -3.70. The second-order valence-electron chi connectivity index (χ2n) is 6.68. The SMILES string of the molecule is O=C(c1cccc(S(=O)(=O)NCC2CC2)c1)N1CCOCC1CC(F)F. The predicted octanol–water partition coefficient (Wildman–Crippen LogP) is 1.87. The minimum atomic E-state index is -3.70. The lowest BCUT2D eigenvalue weighted by Crippen LogP contribution is -2.49. The first-order chi connectivity index (χ1) is 12.4. The number of carbonyl (C=O) groups is 1. The van der Waals surface area contributed by atoms with Gasteiger partial charge in [-0.25, -0.2) is 21.9 Å². The van der Waals surface area contributed by atoms with Crippen LogP contribution in [0, 0.1) is 5.92 Å². The minimum absolute atomic E-state index is 0.00247. The first-order valence-electron chi connectivity index (χ1n) is 8.63. The summed E-state index contributed by atoms with van der Waals surface area (Å²) in [5.74, 6) is -0.0729. The van der Waals surface area contributed by atoms with Crippen molar-refractivity contribution in [2.45, 2.75) is 36.6 Å². The highest BCUT2D eigenvalue weighted by atomic mass is 32.2. The van der Waals surface area contributed by atoms with Crippen LogP contribution in [-0.4, -0.2) is 58.0 Å². The first-order valence-corrected chi connectivity index (χ1v) is 10.1. The zero-order valence-corrected chi connectivity index (χ0v) is 15.1. The Morgan fingerprint density at radius 2 is 2.12 bits per heavy atom. The Balaban J connectivity index is 1.76. The number of hydrogen-bond acceptors (Lipinski definition) is 4. The Labute approximate surface area is 151 Å². The van der Waals surface area contributed by atoms with E-state index in [1.165, 1.54) is 29.2 Å². The Morgan fingerprint density at radius 1 is 1.35 bits per heavy atom. The Kier molecular flexibility index (Phi) is 5.89. The number of sulfonamides is 1. The molecular formula is C17H22F2N2O4S. The number of rotatable bonds is 7. The van der Waals surface area contributed by atoms with Gasteiger partial charge in [0.15, 0.2) is 0 Å². The van der Waals surface area contributed by atoms with Crippen LogP contribution < -0.4 is 4.72 Å². The van der Waals surface area contributed by atoms with Crippen LogP contribution in [0.2, 0.25) is 0 Å². The molecule has 1 unspecified atom stereocenters. The summed E-state index contributed by atoms with van der Waals surface area (Å²) in [6.45, 7) is 0.914. The van der Waals surface area contributed by atoms with Crippen LogP contribution in [0.3, 0.4) is 0 Å². The van der Waals surface area contributed by atoms with Gasteiger partial charge in [-0.1, -0.05) is 6.07 Å². The molecule has 0 spiro atoms. The molecule has 1 heterocycles. The highest BCUT2D eigenvalue weighted by Gasteiger charge is 2.31. The van der Waals surface area contributed by atoms with Crippen molar-refractivity contribution in [2.24, 2.45) is 5.92 Å². The third kappa shape index (κ3) is 4.77. The number of halogens is 2. The molecule has 2 fully saturated rings. The molecule has 1 N–H and O–H groups in total. The summed E-state index contributed by atoms with van der Waals surface area (Å²) in [5, 5.41) is 0. The van der Waals surface area contributed by atoms with Crippen LogP contribution in [0.15, 0.2) is 29.2 Å². The van der Waals surface area contributed by atoms with Gasteiger partial charge in [0.2, 0.25) is 16.4 Å². The molecular weight excluding hydrogens is 366 g/mol. The maximum absolute atomic E-state index is 12.8. The van der Waals surface area contributed by atoms with Crippen LogP contribution in [-0.2, 0) is 14.8 Å². The Hall–Kier alpha value is -1.58. The van der Waals surface area contributed by atoms with Gasteiger partial charge < -0.3 is 9.64 Å². The van der Waals surface area contributed by atoms with Crippen molar-refractivity contribution in [1.82, 2.24) is 9.62 Å². The smallest absolute Gasteiger partial charge is 0.254 e. The molecule has 1 aliphatic carbocycles. The number of alkyl halides is 2. The molecule has 9 heteroatoms. The van der Waals surface area contributed by atoms with Gasteiger partial charge in [-0.05, 0) is 37.0 Å². The van der Waals surface area contributed by atoms with Crippen LogP contribution in [0.5, 0.6) is 0 Å². The molecule has 144 valence electrons. The van der Waals surface area contributed by atoms with E-state index >= 15 is 0 Å². The average Bonchev–Trinajstić information content (AvgIpc) is 3.44. The van der Waals surface area contributed by atoms with E-state index in [1.807, 2.05) is 0 Å². The van der Waals surface area contributed by atoms with Crippen molar-refractivity contribution in [1.29, 1.82) is 0 Å². The fourth-order valence-electron chi connectivity index (χ4n) is 2.92. The molecule has 0 bridgehead atoms. The third-order valence-corrected chi connectivity index (χ3v) is 6.01. The van der Waals surface area contributed by atoms with Crippen LogP contribution in [0.25, 0.3) is 0 Å². The number of carbonyl (C=O) groups excluding carboxylic acids is 1. The molecule has 1 amide bonds. The summed E-state index contributed by atoms with van der Waals surface area (Å²) >= 11 is 0. The van der Waals surface area contributed by atoms with E-state index in [9.17, 15) is 22.0 Å². The lowest BCUT2D eigenvalue weighted by Gasteiger charge is -2.35. The van der Waals surface area contributed by atoms with Gasteiger partial charge >= 0.3 is 0 Å². The average molecular weight is 388 g/mol. The lowest BCUT2D eigenvalue weighted by atomic mass is 10.1. The van der Waals surface area contributed by atoms with Gasteiger partial charge in [0.05, 0.1) is 24.2 Å². The first kappa shape index (κ1) is 19.2. The van der Waals surface area contributed by atoms with Crippen LogP contribution in [0.4, 0.5) is 8.78 Å². The van der Waals surface area contributed by atoms with Crippen molar-refractivity contribution in [3.05, 3.63) is 29.8 Å². The zero-order valence-electron chi connectivity index (χ0n) is 14.2. The molecule has 6 nitrogen and oxygen atoms in total. The van der Waals surface area contributed by atoms with Crippen LogP contribution in [0.1, 0.15) is 29.6 Å². The monoisotopic (exact) mass is 388 g/mol. The molecule has 26 heavy (non-hydrogen) atoms. The number of ether oxygens (including phenoxy) is 1. The number of benzene rings is 1. The van der Waals surface area contributed by atoms with Crippen molar-refractivity contribution < 1.29 is 26.7 Å². The van der Waals surface area contributed by atoms with E-state index in [2.05, 4.69) is 4.72 Å². The van der Waals surface area contributed by atoms with Gasteiger partial charge in [0.25, 0.3) is 5.91 Å². The fourth-order valence-corrected chi connectivity index (χ4v) is 4.08. The standard InChI is InChI=1S/C17H22F2N2O4S/c18-16(19)9-14-11-25-7-6-21(14)17(22)13-2-1-3-15(8-13)26(23,24)20-10-12-4-5-12/h1-3,8,12,14,16,20H,4-7,9-11H2. The van der Waals surface area contributed by atoms with E-state index in [1.54, 1.807) is 0 Å². The topological polar surface area (TPSA) is 75.7 Å². The van der Waals surface area contributed by atoms with Gasteiger partial charge in [-0.3, -0.25) is 4.79 Å². The van der Waals surface area contributed by atoms with Gasteiger partial charge in [0, 0.05) is 25.1 Å². The lowest BCUT2D eigenvalue weighted by molar-refractivity contribution is -0.0216. The molecule has 1 aromatic carbocycles. The van der Waals surface area contributed by atoms with Gasteiger partial charge in [-0.15, -0.1) is 0 Å². The maximum atomic E-state index is 12.8. The summed E-state index contributed by atoms with van der Waals surface area (Å²) in [6.07, 6.45) is -0.977. The molecule has 1 saturated carbocycles. The molecule has 2 aliphatic rings. The largest absolute Gasteiger partial charge is 0.377 e. The Bertz CT molecular complexity index is 753. The minimum Gasteiger partial charge on any atom is -0.377 e. The fraction of sp³-hybridized carbons (Fsp3) is 0.588. The second-order valence-corrected chi connectivity index (χ2v) is 8.44. The van der Waals surface area contributed by atoms with E-state index in [4.69, 9.17) is 4.74 Å². The molecule has 1 saturated heterocycles. The highest BCUT2D eigenvalue weighted by molar-refractivity contribution is 7.89. The van der Waals surface area contributed by atoms with Crippen molar-refractivity contribution in [3.8, 4) is 0 Å². The summed E-state index contributed by atoms with van der Waals surface area (Å²) in [6, 6.07) is 4.98. The van der Waals surface area contributed by atoms with E-state index in [0.717, 1.165) is 12.8 Å². The van der Waals surface area contributed by atoms with E-state index in [-0.39, 0.29) is 30.2 Å². The highest BCUT2D eigenvalue weighted by Crippen LogP contribution is 2.28. The molecule has 3 rings (SSSR count). The van der Waals surface area contributed by atoms with Crippen LogP contribution >= 0.6 is 0 Å². The van der Waals surface area contributed by atoms with Gasteiger partial charge in [-0.2, -0.15) is 0 Å². The molecule has 1 atom stereocenters. The van der Waals surface area contributed by atoms with Crippen molar-refractivity contribution in [2.75, 3.05) is 26.3 Å². The van der Waals surface area contributed by atoms with Crippen molar-refractivity contribution in [3.63, 3.8) is 0 Å². The predicted molar refractivity (Wildman–Crippen MR) is 90.6 cm³/mol. The van der Waals surface area contributed by atoms with Gasteiger partial charge in [0.1, 0.15) is 0 Å². The second kappa shape index (κ2) is 7.98. The summed E-state index contributed by atoms with van der Waals surface area (Å²) < 4.78 is 58.0. The quantitative estimate of drug-likeness (QED) is 0.774. The molecule has 0 radical (unpaired) electrons. The normalized spacial score (nSPS) is 21.2. The maximum Gasteiger partial charge on any atom is 0.254 e. The number of nitrogens with one attached hydrogen (secondary N) is 1. The molecule has 1 aliphatic heterocycles. The Morgan fingerprint density at radius 3 is 2.81 bits per heavy atom. The zero-order chi connectivity index (χ0) is 18.7. The summed E-state index contributed by atoms with van der Waals surface area (Å²) in [4.78, 5) is 14.1. The third-order valence-electron chi connectivity index (χ3n) is 4.59.